The van der Waals surface area contributed by atoms with E-state index < -0.39 is 0 Å². The monoisotopic (exact) mass is 232 g/mol. The molecular weight excluding hydrogens is 212 g/mol. The van der Waals surface area contributed by atoms with Gasteiger partial charge in [-0.15, -0.1) is 6.58 Å². The normalized spacial score (nSPS) is 11.8. The fourth-order valence-electron chi connectivity index (χ4n) is 1.68. The first kappa shape index (κ1) is 13.5. The SMILES string of the molecule is C=CCCC(CCC)OC(=O)c1ccccc1. The van der Waals surface area contributed by atoms with Crippen LogP contribution in [0.15, 0.2) is 43.0 Å². The topological polar surface area (TPSA) is 26.3 Å². The molecule has 2 heteroatoms. The Labute approximate surface area is 103 Å². The average molecular weight is 232 g/mol. The molecule has 0 aromatic heterocycles. The number of rotatable bonds is 7. The molecule has 0 saturated carbocycles. The van der Waals surface area contributed by atoms with Gasteiger partial charge in [0, 0.05) is 0 Å². The highest BCUT2D eigenvalue weighted by Gasteiger charge is 2.14. The van der Waals surface area contributed by atoms with E-state index in [-0.39, 0.29) is 12.1 Å². The molecule has 0 heterocycles. The molecule has 0 aliphatic heterocycles. The van der Waals surface area contributed by atoms with Crippen LogP contribution in [-0.4, -0.2) is 12.1 Å². The fraction of sp³-hybridized carbons (Fsp3) is 0.400. The highest BCUT2D eigenvalue weighted by Crippen LogP contribution is 2.13. The zero-order chi connectivity index (χ0) is 12.5. The second-order valence-electron chi connectivity index (χ2n) is 4.05. The van der Waals surface area contributed by atoms with Crippen molar-refractivity contribution >= 4 is 5.97 Å². The third kappa shape index (κ3) is 4.85. The lowest BCUT2D eigenvalue weighted by molar-refractivity contribution is 0.0262. The molecule has 1 aromatic rings. The van der Waals surface area contributed by atoms with E-state index in [9.17, 15) is 4.79 Å². The Bertz CT molecular complexity index is 343. The lowest BCUT2D eigenvalue weighted by atomic mass is 10.1. The van der Waals surface area contributed by atoms with Crippen LogP contribution >= 0.6 is 0 Å². The van der Waals surface area contributed by atoms with Crippen LogP contribution in [0.5, 0.6) is 0 Å². The molecule has 1 rings (SSSR count). The number of benzene rings is 1. The molecule has 0 radical (unpaired) electrons. The third-order valence-electron chi connectivity index (χ3n) is 2.59. The van der Waals surface area contributed by atoms with E-state index in [2.05, 4.69) is 13.5 Å². The summed E-state index contributed by atoms with van der Waals surface area (Å²) in [6.45, 7) is 5.78. The minimum Gasteiger partial charge on any atom is -0.459 e. The van der Waals surface area contributed by atoms with Gasteiger partial charge in [0.05, 0.1) is 5.56 Å². The van der Waals surface area contributed by atoms with Gasteiger partial charge in [-0.1, -0.05) is 37.6 Å². The van der Waals surface area contributed by atoms with Crippen molar-refractivity contribution in [2.24, 2.45) is 0 Å². The molecule has 0 bridgehead atoms. The van der Waals surface area contributed by atoms with Crippen LogP contribution in [0.3, 0.4) is 0 Å². The Kier molecular flexibility index (Phi) is 6.08. The van der Waals surface area contributed by atoms with E-state index in [0.29, 0.717) is 5.56 Å². The number of carbonyl (C=O) groups is 1. The number of ether oxygens (including phenoxy) is 1. The first-order valence-corrected chi connectivity index (χ1v) is 6.14. The van der Waals surface area contributed by atoms with Gasteiger partial charge in [0.15, 0.2) is 0 Å². The van der Waals surface area contributed by atoms with Gasteiger partial charge in [0.1, 0.15) is 6.10 Å². The number of hydrogen-bond donors (Lipinski definition) is 0. The van der Waals surface area contributed by atoms with Crippen molar-refractivity contribution in [1.29, 1.82) is 0 Å². The summed E-state index contributed by atoms with van der Waals surface area (Å²) in [5.41, 5.74) is 0.618. The second kappa shape index (κ2) is 7.66. The quantitative estimate of drug-likeness (QED) is 0.525. The minimum absolute atomic E-state index is 0.00528. The minimum atomic E-state index is -0.229. The number of allylic oxidation sites excluding steroid dienone is 1. The first-order valence-electron chi connectivity index (χ1n) is 6.14. The average Bonchev–Trinajstić information content (AvgIpc) is 2.37. The Hall–Kier alpha value is -1.57. The maximum Gasteiger partial charge on any atom is 0.338 e. The van der Waals surface area contributed by atoms with Crippen LogP contribution in [0.4, 0.5) is 0 Å². The summed E-state index contributed by atoms with van der Waals surface area (Å²) < 4.78 is 5.49. The van der Waals surface area contributed by atoms with Gasteiger partial charge in [-0.2, -0.15) is 0 Å². The molecule has 0 saturated heterocycles. The Morgan fingerprint density at radius 2 is 2.06 bits per heavy atom. The van der Waals surface area contributed by atoms with Crippen LogP contribution in [0, 0.1) is 0 Å². The molecule has 1 atom stereocenters. The molecule has 0 aliphatic rings. The van der Waals surface area contributed by atoms with Crippen molar-refractivity contribution in [3.63, 3.8) is 0 Å². The first-order chi connectivity index (χ1) is 8.27. The van der Waals surface area contributed by atoms with E-state index >= 15 is 0 Å². The van der Waals surface area contributed by atoms with E-state index in [1.807, 2.05) is 24.3 Å². The molecule has 0 N–H and O–H groups in total. The summed E-state index contributed by atoms with van der Waals surface area (Å²) in [6.07, 6.45) is 5.53. The Balaban J connectivity index is 2.54. The zero-order valence-corrected chi connectivity index (χ0v) is 10.4. The van der Waals surface area contributed by atoms with Gasteiger partial charge < -0.3 is 4.74 Å². The molecule has 0 amide bonds. The highest BCUT2D eigenvalue weighted by atomic mass is 16.5. The smallest absolute Gasteiger partial charge is 0.338 e. The summed E-state index contributed by atoms with van der Waals surface area (Å²) in [6, 6.07) is 9.13. The Morgan fingerprint density at radius 1 is 1.35 bits per heavy atom. The van der Waals surface area contributed by atoms with Crippen LogP contribution in [-0.2, 0) is 4.74 Å². The standard InChI is InChI=1S/C15H20O2/c1-3-5-12-14(9-4-2)17-15(16)13-10-7-6-8-11-13/h3,6-8,10-11,14H,1,4-5,9,12H2,2H3. The molecule has 92 valence electrons. The van der Waals surface area contributed by atoms with Crippen LogP contribution in [0.2, 0.25) is 0 Å². The summed E-state index contributed by atoms with van der Waals surface area (Å²) in [7, 11) is 0. The summed E-state index contributed by atoms with van der Waals surface area (Å²) >= 11 is 0. The molecule has 0 aliphatic carbocycles. The van der Waals surface area contributed by atoms with Crippen LogP contribution < -0.4 is 0 Å². The van der Waals surface area contributed by atoms with Crippen molar-refractivity contribution in [2.45, 2.75) is 38.7 Å². The van der Waals surface area contributed by atoms with Gasteiger partial charge in [0.2, 0.25) is 0 Å². The molecule has 2 nitrogen and oxygen atoms in total. The van der Waals surface area contributed by atoms with E-state index in [0.717, 1.165) is 25.7 Å². The van der Waals surface area contributed by atoms with E-state index in [1.165, 1.54) is 0 Å². The lowest BCUT2D eigenvalue weighted by Gasteiger charge is -2.16. The predicted molar refractivity (Wildman–Crippen MR) is 70.0 cm³/mol. The highest BCUT2D eigenvalue weighted by molar-refractivity contribution is 5.89. The molecule has 1 unspecified atom stereocenters. The number of esters is 1. The maximum atomic E-state index is 11.8. The van der Waals surface area contributed by atoms with Crippen molar-refractivity contribution in [2.75, 3.05) is 0 Å². The van der Waals surface area contributed by atoms with Crippen LogP contribution in [0.25, 0.3) is 0 Å². The Morgan fingerprint density at radius 3 is 2.65 bits per heavy atom. The number of carbonyl (C=O) groups excluding carboxylic acids is 1. The largest absolute Gasteiger partial charge is 0.459 e. The predicted octanol–water partition coefficient (Wildman–Crippen LogP) is 3.98. The molecule has 1 aromatic carbocycles. The van der Waals surface area contributed by atoms with Gasteiger partial charge >= 0.3 is 5.97 Å². The molecular formula is C15H20O2. The third-order valence-corrected chi connectivity index (χ3v) is 2.59. The van der Waals surface area contributed by atoms with Gasteiger partial charge in [0.25, 0.3) is 0 Å². The van der Waals surface area contributed by atoms with Gasteiger partial charge in [-0.05, 0) is 31.4 Å². The van der Waals surface area contributed by atoms with E-state index in [1.54, 1.807) is 12.1 Å². The molecule has 0 fully saturated rings. The molecule has 0 spiro atoms. The molecule has 17 heavy (non-hydrogen) atoms. The fourth-order valence-corrected chi connectivity index (χ4v) is 1.68. The van der Waals surface area contributed by atoms with Crippen molar-refractivity contribution in [3.8, 4) is 0 Å². The van der Waals surface area contributed by atoms with Crippen molar-refractivity contribution < 1.29 is 9.53 Å². The van der Waals surface area contributed by atoms with Gasteiger partial charge in [-0.3, -0.25) is 0 Å². The summed E-state index contributed by atoms with van der Waals surface area (Å²) in [5.74, 6) is -0.229. The van der Waals surface area contributed by atoms with E-state index in [4.69, 9.17) is 4.74 Å². The summed E-state index contributed by atoms with van der Waals surface area (Å²) in [4.78, 5) is 11.8. The van der Waals surface area contributed by atoms with Crippen molar-refractivity contribution in [3.05, 3.63) is 48.6 Å². The van der Waals surface area contributed by atoms with Crippen molar-refractivity contribution in [1.82, 2.24) is 0 Å². The maximum absolute atomic E-state index is 11.8. The zero-order valence-electron chi connectivity index (χ0n) is 10.4. The lowest BCUT2D eigenvalue weighted by Crippen LogP contribution is -2.18. The summed E-state index contributed by atoms with van der Waals surface area (Å²) in [5, 5.41) is 0. The number of hydrogen-bond acceptors (Lipinski definition) is 2. The van der Waals surface area contributed by atoms with Gasteiger partial charge in [-0.25, -0.2) is 4.79 Å². The van der Waals surface area contributed by atoms with Crippen LogP contribution in [0.1, 0.15) is 43.0 Å². The second-order valence-corrected chi connectivity index (χ2v) is 4.05.